The number of nitrogens with zero attached hydrogens (tertiary/aromatic N) is 3. The Bertz CT molecular complexity index is 1200. The van der Waals surface area contributed by atoms with Crippen LogP contribution in [0.1, 0.15) is 53.4 Å². The molecule has 3 N–H and O–H groups in total. The maximum Gasteiger partial charge on any atom is 0.258 e. The number of phenolic OH excluding ortho intramolecular Hbond substituents is 1. The standard InChI is InChI=1S/C29H41N5O6/c1-19-16-31-25(20(2)27(19)39-5)17-34-11-7-6-10-33(4)29(38)21(3)32-26(36)18-40-24-14-22(13-23(35)15-24)28(37)30-9-8-12-34/h13-16,21,35H,6-12,17-18H2,1-5H3,(H,30,37)(H,32,36)/t21-/m0/s1. The van der Waals surface area contributed by atoms with Gasteiger partial charge in [-0.1, -0.05) is 0 Å². The molecule has 1 aromatic carbocycles. The zero-order chi connectivity index (χ0) is 29.2. The van der Waals surface area contributed by atoms with Crippen LogP contribution in [0.4, 0.5) is 0 Å². The minimum atomic E-state index is -0.723. The van der Waals surface area contributed by atoms with Gasteiger partial charge in [0.1, 0.15) is 23.3 Å². The molecule has 1 atom stereocenters. The number of amides is 3. The van der Waals surface area contributed by atoms with Crippen LogP contribution < -0.4 is 20.1 Å². The Morgan fingerprint density at radius 3 is 2.58 bits per heavy atom. The number of aryl methyl sites for hydroxylation is 1. The van der Waals surface area contributed by atoms with Crippen molar-refractivity contribution in [3.63, 3.8) is 0 Å². The number of fused-ring (bicyclic) bond motifs is 2. The number of nitrogens with one attached hydrogen (secondary N) is 2. The van der Waals surface area contributed by atoms with Gasteiger partial charge in [0.2, 0.25) is 5.91 Å². The summed E-state index contributed by atoms with van der Waals surface area (Å²) in [6.45, 7) is 8.38. The van der Waals surface area contributed by atoms with Crippen molar-refractivity contribution >= 4 is 17.7 Å². The number of pyridine rings is 1. The fraction of sp³-hybridized carbons (Fsp3) is 0.517. The van der Waals surface area contributed by atoms with Crippen LogP contribution in [-0.4, -0.2) is 90.6 Å². The van der Waals surface area contributed by atoms with Crippen LogP contribution in [0.25, 0.3) is 0 Å². The average Bonchev–Trinajstić information content (AvgIpc) is 2.92. The molecule has 0 radical (unpaired) electrons. The summed E-state index contributed by atoms with van der Waals surface area (Å²) in [5, 5.41) is 15.6. The van der Waals surface area contributed by atoms with E-state index in [1.807, 2.05) is 20.0 Å². The molecule has 1 aliphatic heterocycles. The molecule has 1 aliphatic rings. The lowest BCUT2D eigenvalue weighted by molar-refractivity contribution is -0.135. The van der Waals surface area contributed by atoms with Crippen LogP contribution in [0.2, 0.25) is 0 Å². The maximum absolute atomic E-state index is 12.8. The highest BCUT2D eigenvalue weighted by molar-refractivity contribution is 5.95. The summed E-state index contributed by atoms with van der Waals surface area (Å²) in [5.74, 6) is -0.172. The maximum atomic E-state index is 12.8. The third kappa shape index (κ3) is 8.57. The molecule has 0 spiro atoms. The van der Waals surface area contributed by atoms with E-state index in [0.29, 0.717) is 26.1 Å². The molecule has 2 aromatic rings. The molecule has 0 saturated carbocycles. The molecule has 2 bridgehead atoms. The fourth-order valence-corrected chi connectivity index (χ4v) is 4.74. The molecule has 0 aliphatic carbocycles. The Hall–Kier alpha value is -3.86. The van der Waals surface area contributed by atoms with Crippen molar-refractivity contribution in [2.75, 3.05) is 46.9 Å². The molecule has 1 aromatic heterocycles. The SMILES string of the molecule is COc1c(C)cnc(CN2CCCCN(C)C(=O)[C@H](C)NC(=O)COc3cc(O)cc(c3)C(=O)NCCC2)c1C. The van der Waals surface area contributed by atoms with Gasteiger partial charge in [0.15, 0.2) is 6.61 Å². The minimum Gasteiger partial charge on any atom is -0.508 e. The highest BCUT2D eigenvalue weighted by Crippen LogP contribution is 2.25. The Morgan fingerprint density at radius 1 is 1.10 bits per heavy atom. The summed E-state index contributed by atoms with van der Waals surface area (Å²) in [5.41, 5.74) is 3.14. The van der Waals surface area contributed by atoms with E-state index in [1.165, 1.54) is 18.2 Å². The Morgan fingerprint density at radius 2 is 1.82 bits per heavy atom. The van der Waals surface area contributed by atoms with Crippen molar-refractivity contribution in [2.24, 2.45) is 0 Å². The van der Waals surface area contributed by atoms with E-state index >= 15 is 0 Å². The van der Waals surface area contributed by atoms with Crippen molar-refractivity contribution < 1.29 is 29.0 Å². The molecular weight excluding hydrogens is 514 g/mol. The lowest BCUT2D eigenvalue weighted by Gasteiger charge is -2.25. The number of carbonyl (C=O) groups is 3. The van der Waals surface area contributed by atoms with Crippen molar-refractivity contribution in [3.8, 4) is 17.2 Å². The Labute approximate surface area is 235 Å². The zero-order valence-corrected chi connectivity index (χ0v) is 24.1. The predicted octanol–water partition coefficient (Wildman–Crippen LogP) is 2.17. The Balaban J connectivity index is 1.76. The second kappa shape index (κ2) is 14.5. The highest BCUT2D eigenvalue weighted by Gasteiger charge is 2.20. The number of methoxy groups -OCH3 is 1. The van der Waals surface area contributed by atoms with E-state index in [4.69, 9.17) is 9.47 Å². The number of rotatable bonds is 3. The molecule has 3 amide bonds. The van der Waals surface area contributed by atoms with Gasteiger partial charge >= 0.3 is 0 Å². The number of phenols is 1. The second-order valence-electron chi connectivity index (χ2n) is 10.2. The second-order valence-corrected chi connectivity index (χ2v) is 10.2. The van der Waals surface area contributed by atoms with E-state index in [0.717, 1.165) is 48.5 Å². The largest absolute Gasteiger partial charge is 0.508 e. The molecule has 0 saturated heterocycles. The monoisotopic (exact) mass is 555 g/mol. The molecule has 0 fully saturated rings. The van der Waals surface area contributed by atoms with Gasteiger partial charge in [0, 0.05) is 62.2 Å². The van der Waals surface area contributed by atoms with Gasteiger partial charge in [0.25, 0.3) is 11.8 Å². The zero-order valence-electron chi connectivity index (χ0n) is 24.1. The predicted molar refractivity (Wildman–Crippen MR) is 151 cm³/mol. The average molecular weight is 556 g/mol. The summed E-state index contributed by atoms with van der Waals surface area (Å²) in [4.78, 5) is 46.5. The van der Waals surface area contributed by atoms with E-state index in [1.54, 1.807) is 26.0 Å². The van der Waals surface area contributed by atoms with Crippen LogP contribution in [0.5, 0.6) is 17.2 Å². The van der Waals surface area contributed by atoms with Crippen LogP contribution in [0.3, 0.4) is 0 Å². The third-order valence-electron chi connectivity index (χ3n) is 6.93. The number of ether oxygens (including phenoxy) is 2. The minimum absolute atomic E-state index is 0.155. The smallest absolute Gasteiger partial charge is 0.258 e. The summed E-state index contributed by atoms with van der Waals surface area (Å²) in [6, 6.07) is 3.41. The van der Waals surface area contributed by atoms with Gasteiger partial charge in [-0.25, -0.2) is 0 Å². The highest BCUT2D eigenvalue weighted by atomic mass is 16.5. The van der Waals surface area contributed by atoms with Gasteiger partial charge in [-0.05, 0) is 58.7 Å². The summed E-state index contributed by atoms with van der Waals surface area (Å²) < 4.78 is 11.1. The van der Waals surface area contributed by atoms with Gasteiger partial charge in [-0.15, -0.1) is 0 Å². The van der Waals surface area contributed by atoms with Crippen LogP contribution in [0.15, 0.2) is 24.4 Å². The Kier molecular flexibility index (Phi) is 11.1. The number of likely N-dealkylation sites (N-methyl/N-ethyl adjacent to an activating group) is 1. The first kappa shape index (κ1) is 30.7. The van der Waals surface area contributed by atoms with E-state index in [9.17, 15) is 19.5 Å². The number of hydrogen-bond acceptors (Lipinski definition) is 8. The van der Waals surface area contributed by atoms with E-state index in [-0.39, 0.29) is 35.5 Å². The van der Waals surface area contributed by atoms with Crippen molar-refractivity contribution in [1.29, 1.82) is 0 Å². The molecule has 3 rings (SSSR count). The van der Waals surface area contributed by atoms with Crippen molar-refractivity contribution in [1.82, 2.24) is 25.4 Å². The molecule has 2 heterocycles. The molecular formula is C29H41N5O6. The van der Waals surface area contributed by atoms with Crippen LogP contribution in [-0.2, 0) is 16.1 Å². The molecule has 40 heavy (non-hydrogen) atoms. The van der Waals surface area contributed by atoms with Crippen LogP contribution >= 0.6 is 0 Å². The molecule has 11 heteroatoms. The topological polar surface area (TPSA) is 133 Å². The third-order valence-corrected chi connectivity index (χ3v) is 6.93. The van der Waals surface area contributed by atoms with Gasteiger partial charge in [-0.2, -0.15) is 0 Å². The fourth-order valence-electron chi connectivity index (χ4n) is 4.74. The van der Waals surface area contributed by atoms with Crippen molar-refractivity contribution in [3.05, 3.63) is 46.8 Å². The summed E-state index contributed by atoms with van der Waals surface area (Å²) in [6.07, 6.45) is 4.17. The first-order valence-electron chi connectivity index (χ1n) is 13.6. The number of benzene rings is 1. The summed E-state index contributed by atoms with van der Waals surface area (Å²) in [7, 11) is 3.39. The summed E-state index contributed by atoms with van der Waals surface area (Å²) >= 11 is 0. The lowest BCUT2D eigenvalue weighted by atomic mass is 10.1. The van der Waals surface area contributed by atoms with Gasteiger partial charge in [-0.3, -0.25) is 24.3 Å². The van der Waals surface area contributed by atoms with E-state index in [2.05, 4.69) is 20.5 Å². The number of aromatic hydroxyl groups is 1. The van der Waals surface area contributed by atoms with Crippen molar-refractivity contribution in [2.45, 2.75) is 52.6 Å². The number of carbonyl (C=O) groups excluding carboxylic acids is 3. The normalized spacial score (nSPS) is 18.9. The molecule has 218 valence electrons. The number of aromatic nitrogens is 1. The van der Waals surface area contributed by atoms with Gasteiger partial charge in [0.05, 0.1) is 12.8 Å². The van der Waals surface area contributed by atoms with E-state index < -0.39 is 11.9 Å². The first-order valence-corrected chi connectivity index (χ1v) is 13.6. The molecule has 11 nitrogen and oxygen atoms in total. The molecule has 0 unspecified atom stereocenters. The first-order chi connectivity index (χ1) is 19.1. The number of hydrogen-bond donors (Lipinski definition) is 3. The van der Waals surface area contributed by atoms with Crippen LogP contribution in [0, 0.1) is 13.8 Å². The lowest BCUT2D eigenvalue weighted by Crippen LogP contribution is -2.47. The quantitative estimate of drug-likeness (QED) is 0.525. The van der Waals surface area contributed by atoms with Gasteiger partial charge < -0.3 is 30.1 Å².